The van der Waals surface area contributed by atoms with Crippen LogP contribution >= 0.6 is 0 Å². The number of hydrogen-bond donors (Lipinski definition) is 2. The van der Waals surface area contributed by atoms with Gasteiger partial charge in [-0.05, 0) is 46.8 Å². The van der Waals surface area contributed by atoms with Crippen LogP contribution in [0.2, 0.25) is 0 Å². The molecule has 4 heteroatoms. The summed E-state index contributed by atoms with van der Waals surface area (Å²) in [7, 11) is 0. The molecule has 3 rings (SSSR count). The fourth-order valence-electron chi connectivity index (χ4n) is 4.95. The van der Waals surface area contributed by atoms with Crippen LogP contribution in [0.3, 0.4) is 0 Å². The summed E-state index contributed by atoms with van der Waals surface area (Å²) in [4.78, 5) is 13.0. The number of aromatic hydroxyl groups is 1. The molecule has 32 heavy (non-hydrogen) atoms. The molecule has 2 aromatic rings. The Balaban J connectivity index is 1.81. The van der Waals surface area contributed by atoms with E-state index in [1.54, 1.807) is 12.1 Å². The van der Waals surface area contributed by atoms with Crippen LogP contribution in [0.15, 0.2) is 48.5 Å². The molecule has 1 aliphatic rings. The van der Waals surface area contributed by atoms with Crippen molar-refractivity contribution < 1.29 is 19.7 Å². The summed E-state index contributed by atoms with van der Waals surface area (Å²) in [5, 5.41) is 21.2. The Hall–Kier alpha value is -2.33. The molecule has 0 heterocycles. The van der Waals surface area contributed by atoms with Crippen LogP contribution in [0.25, 0.3) is 0 Å². The van der Waals surface area contributed by atoms with E-state index in [0.29, 0.717) is 5.92 Å². The summed E-state index contributed by atoms with van der Waals surface area (Å²) >= 11 is 0. The van der Waals surface area contributed by atoms with Crippen molar-refractivity contribution in [2.45, 2.75) is 83.8 Å². The summed E-state index contributed by atoms with van der Waals surface area (Å²) in [6.45, 7) is 12.7. The largest absolute Gasteiger partial charge is 0.508 e. The van der Waals surface area contributed by atoms with Gasteiger partial charge in [-0.25, -0.2) is 4.79 Å². The molecule has 1 fully saturated rings. The van der Waals surface area contributed by atoms with Gasteiger partial charge in [0.2, 0.25) is 0 Å². The number of hydrogen-bond acceptors (Lipinski definition) is 4. The van der Waals surface area contributed by atoms with Crippen molar-refractivity contribution in [1.82, 2.24) is 0 Å². The third kappa shape index (κ3) is 5.17. The van der Waals surface area contributed by atoms with Crippen LogP contribution in [-0.4, -0.2) is 22.3 Å². The van der Waals surface area contributed by atoms with Crippen LogP contribution < -0.4 is 0 Å². The van der Waals surface area contributed by atoms with E-state index in [2.05, 4.69) is 32.9 Å². The molecule has 0 bridgehead atoms. The number of carbonyl (C=O) groups excluding carboxylic acids is 1. The van der Waals surface area contributed by atoms with Crippen molar-refractivity contribution in [2.75, 3.05) is 0 Å². The molecule has 0 aliphatic heterocycles. The molecule has 0 radical (unpaired) electrons. The topological polar surface area (TPSA) is 66.8 Å². The lowest BCUT2D eigenvalue weighted by atomic mass is 9.64. The third-order valence-corrected chi connectivity index (χ3v) is 7.18. The first-order valence-corrected chi connectivity index (χ1v) is 11.7. The van der Waals surface area contributed by atoms with Gasteiger partial charge in [0.25, 0.3) is 0 Å². The van der Waals surface area contributed by atoms with Crippen molar-refractivity contribution in [1.29, 1.82) is 0 Å². The Morgan fingerprint density at radius 1 is 1.00 bits per heavy atom. The van der Waals surface area contributed by atoms with Crippen molar-refractivity contribution in [3.8, 4) is 5.75 Å². The third-order valence-electron chi connectivity index (χ3n) is 7.18. The second-order valence-electron chi connectivity index (χ2n) is 11.0. The van der Waals surface area contributed by atoms with Gasteiger partial charge >= 0.3 is 5.97 Å². The van der Waals surface area contributed by atoms with Gasteiger partial charge in [0, 0.05) is 11.5 Å². The van der Waals surface area contributed by atoms with Gasteiger partial charge in [0.1, 0.15) is 11.9 Å². The highest BCUT2D eigenvalue weighted by Crippen LogP contribution is 2.44. The van der Waals surface area contributed by atoms with E-state index < -0.39 is 12.1 Å². The summed E-state index contributed by atoms with van der Waals surface area (Å²) < 4.78 is 5.95. The van der Waals surface area contributed by atoms with E-state index >= 15 is 0 Å². The number of aliphatic hydroxyl groups is 1. The number of aliphatic hydroxyl groups excluding tert-OH is 1. The Morgan fingerprint density at radius 2 is 1.66 bits per heavy atom. The van der Waals surface area contributed by atoms with Crippen LogP contribution in [0.5, 0.6) is 5.75 Å². The molecule has 0 amide bonds. The Morgan fingerprint density at radius 3 is 2.25 bits per heavy atom. The number of carbonyl (C=O) groups is 1. The maximum atomic E-state index is 13.0. The van der Waals surface area contributed by atoms with Gasteiger partial charge in [-0.1, -0.05) is 90.4 Å². The summed E-state index contributed by atoms with van der Waals surface area (Å²) in [5.74, 6) is -0.182. The first-order chi connectivity index (χ1) is 14.9. The van der Waals surface area contributed by atoms with Gasteiger partial charge in [0.15, 0.2) is 6.10 Å². The molecule has 0 saturated heterocycles. The number of phenolic OH excluding ortho intramolecular Hbond substituents is 1. The van der Waals surface area contributed by atoms with Crippen LogP contribution in [0.1, 0.15) is 83.6 Å². The Kier molecular flexibility index (Phi) is 7.04. The first kappa shape index (κ1) is 24.3. The van der Waals surface area contributed by atoms with Gasteiger partial charge in [0.05, 0.1) is 0 Å². The minimum atomic E-state index is -1.51. The van der Waals surface area contributed by atoms with Crippen molar-refractivity contribution >= 4 is 5.97 Å². The fourth-order valence-corrected chi connectivity index (χ4v) is 4.95. The number of benzene rings is 2. The Bertz CT molecular complexity index is 926. The van der Waals surface area contributed by atoms with E-state index in [4.69, 9.17) is 4.74 Å². The second-order valence-corrected chi connectivity index (χ2v) is 11.0. The highest BCUT2D eigenvalue weighted by atomic mass is 16.6. The summed E-state index contributed by atoms with van der Waals surface area (Å²) in [6, 6.07) is 15.4. The SMILES string of the molecule is C[C@@H]1CC[C@@H](C(C)(C)c2ccccc2)[C@H](OC(=O)[C@@H](O)c2ccc(C(C)(C)C)cc2O)C1. The summed E-state index contributed by atoms with van der Waals surface area (Å²) in [6.07, 6.45) is 1.03. The average molecular weight is 439 g/mol. The zero-order valence-corrected chi connectivity index (χ0v) is 20.3. The maximum Gasteiger partial charge on any atom is 0.340 e. The molecule has 2 N–H and O–H groups in total. The predicted octanol–water partition coefficient (Wildman–Crippen LogP) is 6.05. The smallest absolute Gasteiger partial charge is 0.340 e. The van der Waals surface area contributed by atoms with Gasteiger partial charge in [-0.15, -0.1) is 0 Å². The van der Waals surface area contributed by atoms with E-state index in [1.165, 1.54) is 5.56 Å². The quantitative estimate of drug-likeness (QED) is 0.558. The van der Waals surface area contributed by atoms with Crippen LogP contribution in [0, 0.1) is 11.8 Å². The van der Waals surface area contributed by atoms with E-state index in [0.717, 1.165) is 24.8 Å². The summed E-state index contributed by atoms with van der Waals surface area (Å²) in [5.41, 5.74) is 2.02. The molecule has 0 spiro atoms. The lowest BCUT2D eigenvalue weighted by Crippen LogP contribution is -2.44. The van der Waals surface area contributed by atoms with E-state index in [1.807, 2.05) is 45.0 Å². The van der Waals surface area contributed by atoms with Gasteiger partial charge < -0.3 is 14.9 Å². The zero-order valence-electron chi connectivity index (χ0n) is 20.3. The van der Waals surface area contributed by atoms with Crippen LogP contribution in [-0.2, 0) is 20.4 Å². The van der Waals surface area contributed by atoms with Crippen LogP contribution in [0.4, 0.5) is 0 Å². The second kappa shape index (κ2) is 9.27. The molecular weight excluding hydrogens is 400 g/mol. The number of esters is 1. The minimum absolute atomic E-state index is 0.0833. The molecule has 1 saturated carbocycles. The molecule has 4 nitrogen and oxygen atoms in total. The van der Waals surface area contributed by atoms with Gasteiger partial charge in [-0.3, -0.25) is 0 Å². The van der Waals surface area contributed by atoms with Crippen molar-refractivity contribution in [2.24, 2.45) is 11.8 Å². The Labute approximate surface area is 192 Å². The van der Waals surface area contributed by atoms with Gasteiger partial charge in [-0.2, -0.15) is 0 Å². The average Bonchev–Trinajstić information content (AvgIpc) is 2.73. The van der Waals surface area contributed by atoms with Crippen molar-refractivity contribution in [3.63, 3.8) is 0 Å². The lowest BCUT2D eigenvalue weighted by molar-refractivity contribution is -0.167. The molecule has 174 valence electrons. The van der Waals surface area contributed by atoms with Crippen molar-refractivity contribution in [3.05, 3.63) is 65.2 Å². The standard InChI is InChI=1S/C28H38O4/c1-18-12-15-22(28(5,6)19-10-8-7-9-11-19)24(16-18)32-26(31)25(30)21-14-13-20(17-23(21)29)27(2,3)4/h7-11,13-14,17-18,22,24-25,29-30H,12,15-16H2,1-6H3/t18-,22-,24-,25+/m1/s1. The zero-order chi connectivity index (χ0) is 23.7. The molecule has 0 unspecified atom stereocenters. The highest BCUT2D eigenvalue weighted by molar-refractivity contribution is 5.77. The molecule has 0 aromatic heterocycles. The maximum absolute atomic E-state index is 13.0. The van der Waals surface area contributed by atoms with E-state index in [9.17, 15) is 15.0 Å². The van der Waals surface area contributed by atoms with E-state index in [-0.39, 0.29) is 34.2 Å². The normalized spacial score (nSPS) is 22.9. The number of rotatable bonds is 5. The predicted molar refractivity (Wildman–Crippen MR) is 128 cm³/mol. The molecular formula is C28H38O4. The number of ether oxygens (including phenoxy) is 1. The minimum Gasteiger partial charge on any atom is -0.508 e. The lowest BCUT2D eigenvalue weighted by Gasteiger charge is -2.44. The fraction of sp³-hybridized carbons (Fsp3) is 0.536. The molecule has 2 aromatic carbocycles. The number of phenols is 1. The molecule has 4 atom stereocenters. The highest BCUT2D eigenvalue weighted by Gasteiger charge is 2.42. The monoisotopic (exact) mass is 438 g/mol. The molecule has 1 aliphatic carbocycles. The first-order valence-electron chi connectivity index (χ1n) is 11.7.